The molecule has 0 saturated heterocycles. The largest absolute Gasteiger partial charge is 0.462 e. The van der Waals surface area contributed by atoms with Crippen LogP contribution in [0, 0.1) is 22.7 Å². The molecule has 0 N–H and O–H groups in total. The molecule has 4 rings (SSSR count). The average molecular weight is 696 g/mol. The summed E-state index contributed by atoms with van der Waals surface area (Å²) in [6.45, 7) is 17.5. The van der Waals surface area contributed by atoms with Gasteiger partial charge in [0.25, 0.3) is 0 Å². The Morgan fingerprint density at radius 3 is 1.92 bits per heavy atom. The first-order valence-electron chi connectivity index (χ1n) is 17.3. The van der Waals surface area contributed by atoms with Crippen molar-refractivity contribution >= 4 is 29.8 Å². The molecule has 3 aliphatic carbocycles. The SMILES string of the molecule is C=C1[C@@H](OC(=O)C[C@H](c2ccccc2)N(C)C)C[C@H](OC(C)=O)[C@]2(C)[C@@H]1C[C@H]1C[C@H](OC(C)=O)C(C)=C([C@@H](OC(C)=O)[C@@H]2OC(C)=O)C1(C)C. The number of benzene rings is 1. The zero-order valence-corrected chi connectivity index (χ0v) is 31.1. The number of nitrogens with zero attached hydrogens (tertiary/aromatic N) is 1. The molecule has 3 aliphatic rings. The van der Waals surface area contributed by atoms with Crippen molar-refractivity contribution in [2.24, 2.45) is 22.7 Å². The summed E-state index contributed by atoms with van der Waals surface area (Å²) in [5, 5.41) is 0. The number of hydrogen-bond acceptors (Lipinski definition) is 11. The van der Waals surface area contributed by atoms with Crippen molar-refractivity contribution in [1.82, 2.24) is 4.90 Å². The summed E-state index contributed by atoms with van der Waals surface area (Å²) < 4.78 is 30.4. The molecular formula is C39H53NO10. The Morgan fingerprint density at radius 1 is 0.800 bits per heavy atom. The second-order valence-electron chi connectivity index (χ2n) is 15.0. The van der Waals surface area contributed by atoms with Gasteiger partial charge in [-0.1, -0.05) is 57.7 Å². The average Bonchev–Trinajstić information content (AvgIpc) is 3.00. The van der Waals surface area contributed by atoms with Crippen LogP contribution in [-0.2, 0) is 47.7 Å². The van der Waals surface area contributed by atoms with Crippen LogP contribution in [-0.4, -0.2) is 79.4 Å². The lowest BCUT2D eigenvalue weighted by molar-refractivity contribution is -0.212. The number of hydrogen-bond donors (Lipinski definition) is 0. The van der Waals surface area contributed by atoms with Gasteiger partial charge in [0.2, 0.25) is 0 Å². The van der Waals surface area contributed by atoms with E-state index in [1.165, 1.54) is 27.7 Å². The number of carbonyl (C=O) groups excluding carboxylic acids is 5. The van der Waals surface area contributed by atoms with Crippen LogP contribution in [0.25, 0.3) is 0 Å². The van der Waals surface area contributed by atoms with Crippen molar-refractivity contribution in [3.8, 4) is 0 Å². The van der Waals surface area contributed by atoms with Gasteiger partial charge in [0.15, 0.2) is 12.2 Å². The topological polar surface area (TPSA) is 135 Å². The fraction of sp³-hybridized carbons (Fsp3) is 0.615. The molecule has 11 nitrogen and oxygen atoms in total. The van der Waals surface area contributed by atoms with Gasteiger partial charge in [0, 0.05) is 40.2 Å². The Morgan fingerprint density at radius 2 is 1.38 bits per heavy atom. The van der Waals surface area contributed by atoms with E-state index in [4.69, 9.17) is 23.7 Å². The lowest BCUT2D eigenvalue weighted by atomic mass is 9.49. The Bertz CT molecular complexity index is 1530. The standard InChI is InChI=1S/C39H53NO10/c1-21-29-17-28-18-31(46-23(3)41)22(2)35(38(28,7)8)36(48-25(5)43)37(49-26(6)44)39(29,9)33(47-24(4)42)20-32(21)50-34(45)19-30(40(10)11)27-15-13-12-14-16-27/h12-16,28-33,36-37H,1,17-20H2,2-11H3/t28-,29+,30+,31-,32-,33-,36+,37-,39-/m0/s1. The first kappa shape index (κ1) is 38.8. The van der Waals surface area contributed by atoms with E-state index in [1.807, 2.05) is 77.0 Å². The smallest absolute Gasteiger partial charge is 0.308 e. The van der Waals surface area contributed by atoms with E-state index in [0.717, 1.165) is 5.56 Å². The third kappa shape index (κ3) is 7.82. The van der Waals surface area contributed by atoms with Crippen molar-refractivity contribution in [1.29, 1.82) is 0 Å². The zero-order valence-electron chi connectivity index (χ0n) is 31.1. The highest BCUT2D eigenvalue weighted by molar-refractivity contribution is 5.71. The number of esters is 5. The van der Waals surface area contributed by atoms with E-state index in [-0.39, 0.29) is 24.8 Å². The minimum absolute atomic E-state index is 0.0574. The van der Waals surface area contributed by atoms with E-state index >= 15 is 0 Å². The van der Waals surface area contributed by atoms with Crippen molar-refractivity contribution < 1.29 is 47.7 Å². The second-order valence-corrected chi connectivity index (χ2v) is 15.0. The molecule has 0 radical (unpaired) electrons. The summed E-state index contributed by atoms with van der Waals surface area (Å²) in [4.78, 5) is 66.5. The van der Waals surface area contributed by atoms with Crippen molar-refractivity contribution in [3.05, 3.63) is 59.2 Å². The molecular weight excluding hydrogens is 642 g/mol. The molecule has 0 aliphatic heterocycles. The summed E-state index contributed by atoms with van der Waals surface area (Å²) in [5.41, 5.74) is 1.14. The van der Waals surface area contributed by atoms with E-state index in [2.05, 4.69) is 6.58 Å². The van der Waals surface area contributed by atoms with Crippen LogP contribution in [0.5, 0.6) is 0 Å². The fourth-order valence-corrected chi connectivity index (χ4v) is 8.75. The molecule has 1 aromatic rings. The number of fused-ring (bicyclic) bond motifs is 3. The van der Waals surface area contributed by atoms with E-state index in [0.29, 0.717) is 29.6 Å². The molecule has 274 valence electrons. The number of ether oxygens (including phenoxy) is 5. The molecule has 0 aromatic heterocycles. The van der Waals surface area contributed by atoms with Gasteiger partial charge in [-0.15, -0.1) is 0 Å². The molecule has 50 heavy (non-hydrogen) atoms. The summed E-state index contributed by atoms with van der Waals surface area (Å²) in [6, 6.07) is 9.43. The summed E-state index contributed by atoms with van der Waals surface area (Å²) >= 11 is 0. The van der Waals surface area contributed by atoms with Crippen molar-refractivity contribution in [2.75, 3.05) is 14.1 Å². The van der Waals surface area contributed by atoms with Gasteiger partial charge in [0.05, 0.1) is 11.8 Å². The predicted octanol–water partition coefficient (Wildman–Crippen LogP) is 5.67. The van der Waals surface area contributed by atoms with Crippen molar-refractivity contribution in [3.63, 3.8) is 0 Å². The molecule has 0 unspecified atom stereocenters. The second kappa shape index (κ2) is 15.1. The maximum atomic E-state index is 13.7. The number of carbonyl (C=O) groups is 5. The van der Waals surface area contributed by atoms with Crippen LogP contribution in [0.4, 0.5) is 0 Å². The third-order valence-corrected chi connectivity index (χ3v) is 11.2. The van der Waals surface area contributed by atoms with Crippen LogP contribution in [0.15, 0.2) is 53.6 Å². The lowest BCUT2D eigenvalue weighted by Gasteiger charge is -2.59. The molecule has 2 saturated carbocycles. The Labute approximate surface area is 295 Å². The van der Waals surface area contributed by atoms with Crippen molar-refractivity contribution in [2.45, 2.75) is 118 Å². The van der Waals surface area contributed by atoms with Gasteiger partial charge in [-0.3, -0.25) is 24.0 Å². The van der Waals surface area contributed by atoms with Gasteiger partial charge < -0.3 is 28.6 Å². The van der Waals surface area contributed by atoms with E-state index < -0.39 is 77.1 Å². The first-order valence-corrected chi connectivity index (χ1v) is 17.3. The lowest BCUT2D eigenvalue weighted by Crippen LogP contribution is -2.64. The zero-order chi connectivity index (χ0) is 37.3. The van der Waals surface area contributed by atoms with Crippen LogP contribution < -0.4 is 0 Å². The Hall–Kier alpha value is -3.99. The highest BCUT2D eigenvalue weighted by Crippen LogP contribution is 2.61. The monoisotopic (exact) mass is 695 g/mol. The third-order valence-electron chi connectivity index (χ3n) is 11.2. The molecule has 11 heteroatoms. The molecule has 0 spiro atoms. The Kier molecular flexibility index (Phi) is 11.7. The minimum Gasteiger partial charge on any atom is -0.462 e. The van der Waals surface area contributed by atoms with E-state index in [1.54, 1.807) is 0 Å². The Balaban J connectivity index is 1.86. The normalized spacial score (nSPS) is 30.9. The summed E-state index contributed by atoms with van der Waals surface area (Å²) in [7, 11) is 3.80. The first-order chi connectivity index (χ1) is 23.3. The minimum atomic E-state index is -1.18. The van der Waals surface area contributed by atoms with E-state index in [9.17, 15) is 24.0 Å². The summed E-state index contributed by atoms with van der Waals surface area (Å²) in [5.74, 6) is -3.40. The van der Waals surface area contributed by atoms with Gasteiger partial charge in [-0.2, -0.15) is 0 Å². The highest BCUT2D eigenvalue weighted by Gasteiger charge is 2.64. The van der Waals surface area contributed by atoms with Gasteiger partial charge in [0.1, 0.15) is 18.3 Å². The predicted molar refractivity (Wildman–Crippen MR) is 184 cm³/mol. The number of rotatable bonds is 9. The summed E-state index contributed by atoms with van der Waals surface area (Å²) in [6.07, 6.45) is -3.60. The molecule has 2 fully saturated rings. The molecule has 0 amide bonds. The quantitative estimate of drug-likeness (QED) is 0.180. The fourth-order valence-electron chi connectivity index (χ4n) is 8.75. The van der Waals surface area contributed by atoms with Gasteiger partial charge in [-0.25, -0.2) is 0 Å². The van der Waals surface area contributed by atoms with Crippen LogP contribution in [0.3, 0.4) is 0 Å². The molecule has 0 heterocycles. The highest BCUT2D eigenvalue weighted by atomic mass is 16.6. The van der Waals surface area contributed by atoms with Gasteiger partial charge in [-0.05, 0) is 73.4 Å². The van der Waals surface area contributed by atoms with Crippen LogP contribution in [0.1, 0.15) is 92.7 Å². The van der Waals surface area contributed by atoms with Crippen LogP contribution in [0.2, 0.25) is 0 Å². The molecule has 9 atom stereocenters. The maximum Gasteiger partial charge on any atom is 0.308 e. The molecule has 1 aromatic carbocycles. The van der Waals surface area contributed by atoms with Crippen LogP contribution >= 0.6 is 0 Å². The maximum absolute atomic E-state index is 13.7. The van der Waals surface area contributed by atoms with Gasteiger partial charge >= 0.3 is 29.8 Å². The molecule has 2 bridgehead atoms.